The van der Waals surface area contributed by atoms with Crippen molar-refractivity contribution in [1.82, 2.24) is 0 Å². The van der Waals surface area contributed by atoms with Crippen LogP contribution in [0.1, 0.15) is 6.92 Å². The average molecular weight is 203 g/mol. The van der Waals surface area contributed by atoms with Crippen molar-refractivity contribution in [3.63, 3.8) is 0 Å². The van der Waals surface area contributed by atoms with Gasteiger partial charge in [0, 0.05) is 12.1 Å². The van der Waals surface area contributed by atoms with Crippen LogP contribution < -0.4 is 4.74 Å². The molecule has 0 aliphatic carbocycles. The summed E-state index contributed by atoms with van der Waals surface area (Å²) in [6.45, 7) is 1.66. The number of nitrogens with zero attached hydrogens (tertiary/aromatic N) is 1. The van der Waals surface area contributed by atoms with E-state index in [1.54, 1.807) is 6.92 Å². The van der Waals surface area contributed by atoms with Gasteiger partial charge in [-0.25, -0.2) is 4.39 Å². The number of nitro benzene ring substituents is 1. The second-order valence-electron chi connectivity index (χ2n) is 2.42. The van der Waals surface area contributed by atoms with Crippen LogP contribution in [0.25, 0.3) is 0 Å². The van der Waals surface area contributed by atoms with Gasteiger partial charge in [-0.15, -0.1) is 0 Å². The molecule has 0 saturated heterocycles. The molecule has 0 aliphatic heterocycles. The van der Waals surface area contributed by atoms with E-state index < -0.39 is 28.0 Å². The van der Waals surface area contributed by atoms with Crippen LogP contribution in [0.4, 0.5) is 14.5 Å². The highest BCUT2D eigenvalue weighted by Crippen LogP contribution is 2.30. The lowest BCUT2D eigenvalue weighted by atomic mass is 10.2. The van der Waals surface area contributed by atoms with E-state index in [-0.39, 0.29) is 6.61 Å². The zero-order valence-electron chi connectivity index (χ0n) is 7.29. The summed E-state index contributed by atoms with van der Waals surface area (Å²) >= 11 is 0. The molecule has 0 saturated carbocycles. The Bertz CT molecular complexity index is 368. The Kier molecular flexibility index (Phi) is 2.95. The molecule has 0 aromatic heterocycles. The Morgan fingerprint density at radius 3 is 2.64 bits per heavy atom. The number of rotatable bonds is 3. The molecule has 0 spiro atoms. The van der Waals surface area contributed by atoms with E-state index in [1.165, 1.54) is 0 Å². The third-order valence-corrected chi connectivity index (χ3v) is 1.48. The minimum absolute atomic E-state index is 0.101. The fraction of sp³-hybridized carbons (Fsp3) is 0.250. The second-order valence-corrected chi connectivity index (χ2v) is 2.42. The lowest BCUT2D eigenvalue weighted by molar-refractivity contribution is -0.388. The van der Waals surface area contributed by atoms with Gasteiger partial charge in [0.1, 0.15) is 5.82 Å². The van der Waals surface area contributed by atoms with Crippen molar-refractivity contribution in [3.05, 3.63) is 33.9 Å². The molecule has 0 atom stereocenters. The van der Waals surface area contributed by atoms with Crippen LogP contribution in [0.2, 0.25) is 0 Å². The van der Waals surface area contributed by atoms with Crippen molar-refractivity contribution in [3.8, 4) is 5.75 Å². The minimum atomic E-state index is -1.24. The normalized spacial score (nSPS) is 9.93. The quantitative estimate of drug-likeness (QED) is 0.559. The largest absolute Gasteiger partial charge is 0.487 e. The summed E-state index contributed by atoms with van der Waals surface area (Å²) in [6.07, 6.45) is 0. The summed E-state index contributed by atoms with van der Waals surface area (Å²) in [4.78, 5) is 9.45. The van der Waals surface area contributed by atoms with Gasteiger partial charge in [0.2, 0.25) is 11.6 Å². The summed E-state index contributed by atoms with van der Waals surface area (Å²) in [5, 5.41) is 10.4. The van der Waals surface area contributed by atoms with E-state index in [1.807, 2.05) is 0 Å². The number of halogens is 2. The molecule has 1 aromatic carbocycles. The third kappa shape index (κ3) is 1.95. The first-order chi connectivity index (χ1) is 6.56. The molecule has 0 N–H and O–H groups in total. The SMILES string of the molecule is CCOc1cc(F)cc(F)c1[N+](=O)[O-]. The number of hydrogen-bond acceptors (Lipinski definition) is 3. The average Bonchev–Trinajstić information content (AvgIpc) is 2.01. The van der Waals surface area contributed by atoms with E-state index in [0.717, 1.165) is 6.07 Å². The zero-order chi connectivity index (χ0) is 10.7. The predicted molar refractivity (Wildman–Crippen MR) is 44.2 cm³/mol. The molecule has 0 unspecified atom stereocenters. The van der Waals surface area contributed by atoms with Gasteiger partial charge < -0.3 is 4.74 Å². The topological polar surface area (TPSA) is 52.4 Å². The van der Waals surface area contributed by atoms with Crippen molar-refractivity contribution in [2.24, 2.45) is 0 Å². The van der Waals surface area contributed by atoms with Crippen LogP contribution in [0.5, 0.6) is 5.75 Å². The Morgan fingerprint density at radius 2 is 2.14 bits per heavy atom. The van der Waals surface area contributed by atoms with Crippen molar-refractivity contribution in [1.29, 1.82) is 0 Å². The maximum absolute atomic E-state index is 12.9. The first-order valence-electron chi connectivity index (χ1n) is 3.82. The summed E-state index contributed by atoms with van der Waals surface area (Å²) in [5.41, 5.74) is -0.840. The van der Waals surface area contributed by atoms with Gasteiger partial charge in [-0.1, -0.05) is 0 Å². The summed E-state index contributed by atoms with van der Waals surface area (Å²) < 4.78 is 30.3. The smallest absolute Gasteiger partial charge is 0.346 e. The van der Waals surface area contributed by atoms with Gasteiger partial charge in [-0.2, -0.15) is 4.39 Å². The summed E-state index contributed by atoms with van der Waals surface area (Å²) in [5.74, 6) is -2.54. The first kappa shape index (κ1) is 10.4. The van der Waals surface area contributed by atoms with Gasteiger partial charge in [-0.3, -0.25) is 10.1 Å². The maximum atomic E-state index is 12.9. The van der Waals surface area contributed by atoms with Crippen LogP contribution >= 0.6 is 0 Å². The van der Waals surface area contributed by atoms with Crippen LogP contribution in [0.15, 0.2) is 12.1 Å². The van der Waals surface area contributed by atoms with E-state index in [9.17, 15) is 18.9 Å². The van der Waals surface area contributed by atoms with Gasteiger partial charge in [0.15, 0.2) is 0 Å². The van der Waals surface area contributed by atoms with Gasteiger partial charge >= 0.3 is 5.69 Å². The molecular weight excluding hydrogens is 196 g/mol. The fourth-order valence-corrected chi connectivity index (χ4v) is 0.985. The van der Waals surface area contributed by atoms with Crippen molar-refractivity contribution in [2.45, 2.75) is 6.92 Å². The predicted octanol–water partition coefficient (Wildman–Crippen LogP) is 2.27. The first-order valence-corrected chi connectivity index (χ1v) is 3.82. The molecule has 1 aromatic rings. The molecule has 0 amide bonds. The van der Waals surface area contributed by atoms with Gasteiger partial charge in [0.25, 0.3) is 0 Å². The van der Waals surface area contributed by atoms with Crippen LogP contribution in [0, 0.1) is 21.7 Å². The van der Waals surface area contributed by atoms with Crippen molar-refractivity contribution < 1.29 is 18.4 Å². The maximum Gasteiger partial charge on any atom is 0.346 e. The summed E-state index contributed by atoms with van der Waals surface area (Å²) in [6, 6.07) is 1.23. The molecule has 4 nitrogen and oxygen atoms in total. The monoisotopic (exact) mass is 203 g/mol. The van der Waals surface area contributed by atoms with Crippen LogP contribution in [-0.4, -0.2) is 11.5 Å². The number of hydrogen-bond donors (Lipinski definition) is 0. The lowest BCUT2D eigenvalue weighted by Gasteiger charge is -2.04. The Labute approximate surface area is 78.3 Å². The minimum Gasteiger partial charge on any atom is -0.487 e. The molecule has 76 valence electrons. The van der Waals surface area contributed by atoms with Crippen molar-refractivity contribution in [2.75, 3.05) is 6.61 Å². The number of ether oxygens (including phenoxy) is 1. The second kappa shape index (κ2) is 3.99. The Hall–Kier alpha value is -1.72. The molecule has 14 heavy (non-hydrogen) atoms. The number of nitro groups is 1. The molecule has 0 fully saturated rings. The molecule has 0 heterocycles. The molecule has 0 bridgehead atoms. The van der Waals surface area contributed by atoms with Gasteiger partial charge in [-0.05, 0) is 6.92 Å². The highest BCUT2D eigenvalue weighted by Gasteiger charge is 2.22. The van der Waals surface area contributed by atoms with Crippen LogP contribution in [0.3, 0.4) is 0 Å². The van der Waals surface area contributed by atoms with E-state index >= 15 is 0 Å². The highest BCUT2D eigenvalue weighted by molar-refractivity contribution is 5.47. The Morgan fingerprint density at radius 1 is 1.50 bits per heavy atom. The zero-order valence-corrected chi connectivity index (χ0v) is 7.29. The third-order valence-electron chi connectivity index (χ3n) is 1.48. The lowest BCUT2D eigenvalue weighted by Crippen LogP contribution is -2.00. The fourth-order valence-electron chi connectivity index (χ4n) is 0.985. The van der Waals surface area contributed by atoms with Gasteiger partial charge in [0.05, 0.1) is 11.5 Å². The van der Waals surface area contributed by atoms with E-state index in [4.69, 9.17) is 4.74 Å². The highest BCUT2D eigenvalue weighted by atomic mass is 19.1. The molecule has 0 radical (unpaired) electrons. The standard InChI is InChI=1S/C8H7F2NO3/c1-2-14-7-4-5(9)3-6(10)8(7)11(12)13/h3-4H,2H2,1H3. The molecular formula is C8H7F2NO3. The van der Waals surface area contributed by atoms with Crippen LogP contribution in [-0.2, 0) is 0 Å². The number of benzene rings is 1. The van der Waals surface area contributed by atoms with E-state index in [0.29, 0.717) is 6.07 Å². The Balaban J connectivity index is 3.28. The molecule has 0 aliphatic rings. The van der Waals surface area contributed by atoms with Crippen molar-refractivity contribution >= 4 is 5.69 Å². The molecule has 6 heteroatoms. The summed E-state index contributed by atoms with van der Waals surface area (Å²) in [7, 11) is 0. The van der Waals surface area contributed by atoms with E-state index in [2.05, 4.69) is 0 Å². The molecule has 1 rings (SSSR count).